The van der Waals surface area contributed by atoms with Gasteiger partial charge in [0.05, 0.1) is 6.20 Å². The second-order valence-electron chi connectivity index (χ2n) is 8.31. The normalized spacial score (nSPS) is 14.9. The van der Waals surface area contributed by atoms with Crippen molar-refractivity contribution in [2.75, 3.05) is 0 Å². The number of halogens is 1. The summed E-state index contributed by atoms with van der Waals surface area (Å²) in [7, 11) is 0. The van der Waals surface area contributed by atoms with Crippen molar-refractivity contribution in [1.29, 1.82) is 0 Å². The van der Waals surface area contributed by atoms with E-state index in [0.29, 0.717) is 11.1 Å². The number of nitrogens with zero attached hydrogens (tertiary/aromatic N) is 3. The van der Waals surface area contributed by atoms with Gasteiger partial charge < -0.3 is 10.2 Å². The molecule has 0 saturated heterocycles. The molecule has 1 aromatic heterocycles. The molecule has 1 heterocycles. The van der Waals surface area contributed by atoms with Crippen molar-refractivity contribution in [3.8, 4) is 0 Å². The van der Waals surface area contributed by atoms with Gasteiger partial charge in [-0.15, -0.1) is 0 Å². The average molecular weight is 447 g/mol. The fourth-order valence-electron chi connectivity index (χ4n) is 4.26. The van der Waals surface area contributed by atoms with Gasteiger partial charge in [-0.05, 0) is 36.1 Å². The van der Waals surface area contributed by atoms with Crippen molar-refractivity contribution in [1.82, 2.24) is 20.2 Å². The minimum atomic E-state index is -0.868. The SMILES string of the molecule is O=C(NC1CCCCC1)[C@@H](c1ccccc1)N(Cc1ccc(F)cc1)C(=O)c1cnccn1. The first-order valence-electron chi connectivity index (χ1n) is 11.3. The van der Waals surface area contributed by atoms with Gasteiger partial charge in [0.2, 0.25) is 5.91 Å². The van der Waals surface area contributed by atoms with Gasteiger partial charge in [-0.1, -0.05) is 61.7 Å². The molecule has 0 unspecified atom stereocenters. The summed E-state index contributed by atoms with van der Waals surface area (Å²) in [4.78, 5) is 36.9. The lowest BCUT2D eigenvalue weighted by Crippen LogP contribution is -2.47. The number of amides is 2. The molecule has 33 heavy (non-hydrogen) atoms. The second-order valence-corrected chi connectivity index (χ2v) is 8.31. The highest BCUT2D eigenvalue weighted by atomic mass is 19.1. The third kappa shape index (κ3) is 5.80. The number of hydrogen-bond donors (Lipinski definition) is 1. The zero-order chi connectivity index (χ0) is 23.0. The molecule has 1 aliphatic rings. The average Bonchev–Trinajstić information content (AvgIpc) is 2.86. The van der Waals surface area contributed by atoms with Crippen LogP contribution in [0, 0.1) is 5.82 Å². The monoisotopic (exact) mass is 446 g/mol. The van der Waals surface area contributed by atoms with E-state index in [1.807, 2.05) is 30.3 Å². The molecule has 4 rings (SSSR count). The molecular formula is C26H27FN4O2. The van der Waals surface area contributed by atoms with Crippen molar-refractivity contribution in [3.05, 3.63) is 95.8 Å². The predicted molar refractivity (Wildman–Crippen MR) is 123 cm³/mol. The molecule has 1 fully saturated rings. The lowest BCUT2D eigenvalue weighted by atomic mass is 9.94. The summed E-state index contributed by atoms with van der Waals surface area (Å²) in [5.41, 5.74) is 1.55. The summed E-state index contributed by atoms with van der Waals surface area (Å²) >= 11 is 0. The summed E-state index contributed by atoms with van der Waals surface area (Å²) in [6, 6.07) is 14.4. The summed E-state index contributed by atoms with van der Waals surface area (Å²) in [6.07, 6.45) is 9.54. The highest BCUT2D eigenvalue weighted by molar-refractivity contribution is 5.96. The van der Waals surface area contributed by atoms with Crippen LogP contribution < -0.4 is 5.32 Å². The maximum atomic E-state index is 13.6. The van der Waals surface area contributed by atoms with Crippen LogP contribution >= 0.6 is 0 Å². The molecule has 1 N–H and O–H groups in total. The molecule has 3 aromatic rings. The molecule has 170 valence electrons. The Labute approximate surface area is 192 Å². The van der Waals surface area contributed by atoms with E-state index < -0.39 is 11.9 Å². The molecule has 0 aliphatic heterocycles. The van der Waals surface area contributed by atoms with Gasteiger partial charge in [0.25, 0.3) is 5.91 Å². The smallest absolute Gasteiger partial charge is 0.275 e. The number of carbonyl (C=O) groups excluding carboxylic acids is 2. The molecule has 1 atom stereocenters. The summed E-state index contributed by atoms with van der Waals surface area (Å²) in [5.74, 6) is -1.01. The van der Waals surface area contributed by atoms with E-state index in [9.17, 15) is 14.0 Å². The molecule has 1 aliphatic carbocycles. The fourth-order valence-corrected chi connectivity index (χ4v) is 4.26. The van der Waals surface area contributed by atoms with Crippen molar-refractivity contribution in [2.45, 2.75) is 50.7 Å². The molecule has 7 heteroatoms. The Morgan fingerprint density at radius 3 is 2.39 bits per heavy atom. The lowest BCUT2D eigenvalue weighted by Gasteiger charge is -2.33. The molecule has 2 aromatic carbocycles. The zero-order valence-corrected chi connectivity index (χ0v) is 18.4. The van der Waals surface area contributed by atoms with E-state index >= 15 is 0 Å². The van der Waals surface area contributed by atoms with Crippen LogP contribution in [0.3, 0.4) is 0 Å². The van der Waals surface area contributed by atoms with Crippen molar-refractivity contribution >= 4 is 11.8 Å². The van der Waals surface area contributed by atoms with E-state index in [1.165, 1.54) is 42.0 Å². The molecule has 1 saturated carbocycles. The predicted octanol–water partition coefficient (Wildman–Crippen LogP) is 4.45. The summed E-state index contributed by atoms with van der Waals surface area (Å²) in [6.45, 7) is 0.118. The highest BCUT2D eigenvalue weighted by Gasteiger charge is 2.34. The highest BCUT2D eigenvalue weighted by Crippen LogP contribution is 2.27. The number of rotatable bonds is 7. The van der Waals surface area contributed by atoms with Gasteiger partial charge in [0.15, 0.2) is 0 Å². The van der Waals surface area contributed by atoms with E-state index in [1.54, 1.807) is 12.1 Å². The third-order valence-corrected chi connectivity index (χ3v) is 5.94. The summed E-state index contributed by atoms with van der Waals surface area (Å²) in [5, 5.41) is 3.17. The number of carbonyl (C=O) groups is 2. The Balaban J connectivity index is 1.71. The minimum Gasteiger partial charge on any atom is -0.351 e. The topological polar surface area (TPSA) is 75.2 Å². The first-order chi connectivity index (χ1) is 16.1. The van der Waals surface area contributed by atoms with Crippen LogP contribution in [0.2, 0.25) is 0 Å². The first kappa shape index (κ1) is 22.6. The molecule has 0 bridgehead atoms. The Bertz CT molecular complexity index is 1050. The lowest BCUT2D eigenvalue weighted by molar-refractivity contribution is -0.127. The van der Waals surface area contributed by atoms with Crippen molar-refractivity contribution < 1.29 is 14.0 Å². The maximum Gasteiger partial charge on any atom is 0.275 e. The Morgan fingerprint density at radius 2 is 1.73 bits per heavy atom. The Morgan fingerprint density at radius 1 is 1.00 bits per heavy atom. The standard InChI is InChI=1S/C26H27FN4O2/c27-21-13-11-19(12-14-21)18-31(26(33)23-17-28-15-16-29-23)24(20-7-3-1-4-8-20)25(32)30-22-9-5-2-6-10-22/h1,3-4,7-8,11-17,22,24H,2,5-6,9-10,18H2,(H,30,32)/t24-/m1/s1. The van der Waals surface area contributed by atoms with E-state index in [-0.39, 0.29) is 30.0 Å². The van der Waals surface area contributed by atoms with Gasteiger partial charge in [-0.3, -0.25) is 14.6 Å². The van der Waals surface area contributed by atoms with Crippen LogP contribution in [0.1, 0.15) is 59.8 Å². The van der Waals surface area contributed by atoms with Crippen molar-refractivity contribution in [2.24, 2.45) is 0 Å². The van der Waals surface area contributed by atoms with Crippen molar-refractivity contribution in [3.63, 3.8) is 0 Å². The van der Waals surface area contributed by atoms with Gasteiger partial charge >= 0.3 is 0 Å². The van der Waals surface area contributed by atoms with Crippen LogP contribution in [0.25, 0.3) is 0 Å². The number of nitrogens with one attached hydrogen (secondary N) is 1. The third-order valence-electron chi connectivity index (χ3n) is 5.94. The number of benzene rings is 2. The van der Waals surface area contributed by atoms with Crippen LogP contribution in [0.15, 0.2) is 73.2 Å². The molecule has 0 spiro atoms. The number of aromatic nitrogens is 2. The largest absolute Gasteiger partial charge is 0.351 e. The van der Waals surface area contributed by atoms with E-state index in [4.69, 9.17) is 0 Å². The van der Waals surface area contributed by atoms with Gasteiger partial charge in [0.1, 0.15) is 17.6 Å². The minimum absolute atomic E-state index is 0.0942. The van der Waals surface area contributed by atoms with Crippen LogP contribution in [-0.4, -0.2) is 32.7 Å². The Hall–Kier alpha value is -3.61. The zero-order valence-electron chi connectivity index (χ0n) is 18.4. The van der Waals surface area contributed by atoms with Gasteiger partial charge in [0, 0.05) is 25.0 Å². The molecule has 0 radical (unpaired) electrons. The molecule has 2 amide bonds. The van der Waals surface area contributed by atoms with Crippen LogP contribution in [0.4, 0.5) is 4.39 Å². The number of hydrogen-bond acceptors (Lipinski definition) is 4. The molecule has 6 nitrogen and oxygen atoms in total. The van der Waals surface area contributed by atoms with Crippen LogP contribution in [-0.2, 0) is 11.3 Å². The first-order valence-corrected chi connectivity index (χ1v) is 11.3. The van der Waals surface area contributed by atoms with Gasteiger partial charge in [-0.2, -0.15) is 0 Å². The molecular weight excluding hydrogens is 419 g/mol. The van der Waals surface area contributed by atoms with E-state index in [2.05, 4.69) is 15.3 Å². The quantitative estimate of drug-likeness (QED) is 0.582. The van der Waals surface area contributed by atoms with E-state index in [0.717, 1.165) is 25.7 Å². The fraction of sp³-hybridized carbons (Fsp3) is 0.308. The maximum absolute atomic E-state index is 13.6. The Kier molecular flexibility index (Phi) is 7.40. The second kappa shape index (κ2) is 10.8. The summed E-state index contributed by atoms with van der Waals surface area (Å²) < 4.78 is 13.5. The van der Waals surface area contributed by atoms with Gasteiger partial charge in [-0.25, -0.2) is 9.37 Å². The van der Waals surface area contributed by atoms with Crippen LogP contribution in [0.5, 0.6) is 0 Å².